The molecule has 0 atom stereocenters. The molecule has 13 heavy (non-hydrogen) atoms. The Hall–Kier alpha value is -1.05. The molecule has 0 radical (unpaired) electrons. The molecule has 8 heteroatoms. The Labute approximate surface area is 96.1 Å². The Bertz CT molecular complexity index is 194. The van der Waals surface area contributed by atoms with Crippen molar-refractivity contribution in [2.45, 2.75) is 0 Å². The number of aliphatic carboxylic acids is 2. The van der Waals surface area contributed by atoms with Gasteiger partial charge in [-0.15, -0.1) is 0 Å². The molecule has 0 fully saturated rings. The van der Waals surface area contributed by atoms with Crippen LogP contribution in [0.3, 0.4) is 0 Å². The predicted molar refractivity (Wildman–Crippen MR) is 36.2 cm³/mol. The Kier molecular flexibility index (Phi) is 15.1. The van der Waals surface area contributed by atoms with Gasteiger partial charge in [0.25, 0.3) is 0 Å². The molecule has 0 aromatic carbocycles. The van der Waals surface area contributed by atoms with E-state index < -0.39 is 18.1 Å². The molecule has 0 aromatic heterocycles. The molecule has 0 spiro atoms. The van der Waals surface area contributed by atoms with E-state index >= 15 is 0 Å². The summed E-state index contributed by atoms with van der Waals surface area (Å²) in [7, 11) is 0. The Balaban J connectivity index is -0.0000000733. The number of rotatable bonds is 2. The summed E-state index contributed by atoms with van der Waals surface area (Å²) in [4.78, 5) is 27.7. The van der Waals surface area contributed by atoms with E-state index in [1.165, 1.54) is 0 Å². The van der Waals surface area contributed by atoms with Gasteiger partial charge in [0.05, 0.1) is 0 Å². The van der Waals surface area contributed by atoms with Crippen LogP contribution in [0.5, 0.6) is 0 Å². The van der Waals surface area contributed by atoms with E-state index in [1.54, 1.807) is 0 Å². The number of carbonyl (C=O) groups is 3. The third-order valence-corrected chi connectivity index (χ3v) is 0.368. The van der Waals surface area contributed by atoms with Crippen LogP contribution in [-0.4, -0.2) is 38.5 Å². The fourth-order valence-corrected chi connectivity index (χ4v) is 0.143. The summed E-state index contributed by atoms with van der Waals surface area (Å²) < 4.78 is 0. The van der Waals surface area contributed by atoms with Crippen LogP contribution in [0.1, 0.15) is 1.43 Å². The third-order valence-electron chi connectivity index (χ3n) is 0.368. The van der Waals surface area contributed by atoms with Crippen LogP contribution in [0, 0.1) is 0 Å². The van der Waals surface area contributed by atoms with Gasteiger partial charge in [-0.2, -0.15) is 0 Å². The van der Waals surface area contributed by atoms with Gasteiger partial charge < -0.3 is 21.9 Å². The summed E-state index contributed by atoms with van der Waals surface area (Å²) in [6, 6.07) is 0. The van der Waals surface area contributed by atoms with Crippen molar-refractivity contribution >= 4 is 18.1 Å². The molecular formula is C5H7NaO7. The first-order valence-corrected chi connectivity index (χ1v) is 2.42. The molecule has 0 unspecified atom stereocenters. The molecular weight excluding hydrogens is 195 g/mol. The van der Waals surface area contributed by atoms with E-state index in [9.17, 15) is 9.59 Å². The van der Waals surface area contributed by atoms with Gasteiger partial charge in [0, 0.05) is 12.2 Å². The van der Waals surface area contributed by atoms with Crippen molar-refractivity contribution in [3.63, 3.8) is 0 Å². The normalized spacial score (nSPS) is 7.69. The summed E-state index contributed by atoms with van der Waals surface area (Å²) in [5.41, 5.74) is 0. The number of carboxylic acids is 2. The Morgan fingerprint density at radius 2 is 1.00 bits per heavy atom. The topological polar surface area (TPSA) is 132 Å². The molecule has 0 saturated carbocycles. The Morgan fingerprint density at radius 1 is 0.846 bits per heavy atom. The van der Waals surface area contributed by atoms with Crippen LogP contribution < -0.4 is 29.6 Å². The molecule has 0 aliphatic carbocycles. The molecule has 0 aromatic rings. The van der Waals surface area contributed by atoms with Gasteiger partial charge in [-0.1, -0.05) is 0 Å². The van der Waals surface area contributed by atoms with Crippen molar-refractivity contribution in [3.05, 3.63) is 12.2 Å². The second kappa shape index (κ2) is 11.0. The van der Waals surface area contributed by atoms with Crippen LogP contribution in [0.15, 0.2) is 12.2 Å². The van der Waals surface area contributed by atoms with E-state index in [0.717, 1.165) is 0 Å². The first-order valence-electron chi connectivity index (χ1n) is 2.42. The van der Waals surface area contributed by atoms with E-state index in [-0.39, 0.29) is 31.0 Å². The van der Waals surface area contributed by atoms with Crippen molar-refractivity contribution < 1.29 is 65.8 Å². The average Bonchev–Trinajstić information content (AvgIpc) is 1.82. The third kappa shape index (κ3) is 56.2. The summed E-state index contributed by atoms with van der Waals surface area (Å²) in [5, 5.41) is 29.6. The summed E-state index contributed by atoms with van der Waals surface area (Å²) in [5.74, 6) is -2.51. The minimum absolute atomic E-state index is 0. The maximum Gasteiger partial charge on any atom is 1.00 e. The number of hydrogen-bond donors (Lipinski definition) is 4. The van der Waals surface area contributed by atoms with Crippen LogP contribution in [0.25, 0.3) is 0 Å². The first-order chi connectivity index (χ1) is 5.36. The van der Waals surface area contributed by atoms with Crippen molar-refractivity contribution in [3.8, 4) is 0 Å². The monoisotopic (exact) mass is 202 g/mol. The summed E-state index contributed by atoms with van der Waals surface area (Å²) >= 11 is 0. The quantitative estimate of drug-likeness (QED) is 0.278. The largest absolute Gasteiger partial charge is 1.00 e. The summed E-state index contributed by atoms with van der Waals surface area (Å²) in [6.07, 6.45) is -0.718. The van der Waals surface area contributed by atoms with E-state index in [1.807, 2.05) is 0 Å². The molecule has 0 heterocycles. The zero-order valence-corrected chi connectivity index (χ0v) is 8.67. The van der Waals surface area contributed by atoms with Gasteiger partial charge in [0.15, 0.2) is 0 Å². The molecule has 0 rings (SSSR count). The molecule has 0 aliphatic heterocycles. The standard InChI is InChI=1S/C4H4O4.CH2O3.Na.H/c5-3(6)1-2-4(7)8;2-1(3)4;;/h1-2H,(H,5,6)(H,7,8);(H2,2,3,4);;/q;;+1;-1. The minimum atomic E-state index is -1.83. The van der Waals surface area contributed by atoms with Crippen LogP contribution >= 0.6 is 0 Å². The van der Waals surface area contributed by atoms with Crippen molar-refractivity contribution in [1.82, 2.24) is 0 Å². The maximum atomic E-state index is 9.55. The van der Waals surface area contributed by atoms with Gasteiger partial charge in [0.1, 0.15) is 0 Å². The second-order valence-corrected chi connectivity index (χ2v) is 1.29. The fourth-order valence-electron chi connectivity index (χ4n) is 0.143. The van der Waals surface area contributed by atoms with E-state index in [4.69, 9.17) is 25.2 Å². The zero-order valence-electron chi connectivity index (χ0n) is 7.67. The van der Waals surface area contributed by atoms with Gasteiger partial charge in [-0.3, -0.25) is 0 Å². The molecule has 0 aliphatic rings. The average molecular weight is 202 g/mol. The fraction of sp³-hybridized carbons (Fsp3) is 0. The van der Waals surface area contributed by atoms with Crippen LogP contribution in [0.4, 0.5) is 4.79 Å². The van der Waals surface area contributed by atoms with E-state index in [0.29, 0.717) is 12.2 Å². The Morgan fingerprint density at radius 3 is 1.08 bits per heavy atom. The van der Waals surface area contributed by atoms with Crippen LogP contribution in [-0.2, 0) is 9.59 Å². The molecule has 0 amide bonds. The number of carboxylic acid groups (broad SMARTS) is 4. The molecule has 0 bridgehead atoms. The molecule has 0 saturated heterocycles. The number of hydrogen-bond acceptors (Lipinski definition) is 3. The van der Waals surface area contributed by atoms with Crippen molar-refractivity contribution in [2.24, 2.45) is 0 Å². The smallest absolute Gasteiger partial charge is 1.00 e. The maximum absolute atomic E-state index is 9.55. The predicted octanol–water partition coefficient (Wildman–Crippen LogP) is -2.95. The van der Waals surface area contributed by atoms with Gasteiger partial charge in [0.2, 0.25) is 0 Å². The van der Waals surface area contributed by atoms with Crippen LogP contribution in [0.2, 0.25) is 0 Å². The SMILES string of the molecule is O=C(O)C=CC(=O)O.O=C(O)O.[H-].[Na+]. The minimum Gasteiger partial charge on any atom is -1.00 e. The van der Waals surface area contributed by atoms with Gasteiger partial charge >= 0.3 is 47.7 Å². The van der Waals surface area contributed by atoms with Crippen molar-refractivity contribution in [1.29, 1.82) is 0 Å². The first kappa shape index (κ1) is 17.9. The molecule has 4 N–H and O–H groups in total. The molecule has 7 nitrogen and oxygen atoms in total. The molecule has 70 valence electrons. The zero-order chi connectivity index (χ0) is 10.1. The van der Waals surface area contributed by atoms with E-state index in [2.05, 4.69) is 0 Å². The van der Waals surface area contributed by atoms with Gasteiger partial charge in [-0.25, -0.2) is 14.4 Å². The summed E-state index contributed by atoms with van der Waals surface area (Å²) in [6.45, 7) is 0. The van der Waals surface area contributed by atoms with Gasteiger partial charge in [-0.05, 0) is 0 Å². The second-order valence-electron chi connectivity index (χ2n) is 1.29. The van der Waals surface area contributed by atoms with Crippen molar-refractivity contribution in [2.75, 3.05) is 0 Å².